The van der Waals surface area contributed by atoms with Crippen LogP contribution in [0.4, 0.5) is 0 Å². The molecule has 2 aromatic heterocycles. The molecule has 9 rings (SSSR count). The molecule has 2 heterocycles. The van der Waals surface area contributed by atoms with Gasteiger partial charge in [0.1, 0.15) is 11.2 Å². The standard InChI is InChI=1S/C53H38N2O/c1-3-5-16-36(4-2)43-31-44(37-17-9-6-10-18-37)33-45(32-43)39-27-25-38(26-28-39)42-29-30-50-47(34-42)52-46(23-15-24-51(52)56-50)53-54-48(40-19-11-7-12-20-40)35-49(55-53)41-21-13-8-14-22-41/h3-35H,2H2,1H3/b5-3-,36-16+. The van der Waals surface area contributed by atoms with Crippen molar-refractivity contribution in [3.63, 3.8) is 0 Å². The number of fused-ring (bicyclic) bond motifs is 3. The van der Waals surface area contributed by atoms with E-state index in [0.29, 0.717) is 5.82 Å². The number of aromatic nitrogens is 2. The van der Waals surface area contributed by atoms with Crippen molar-refractivity contribution in [3.05, 3.63) is 212 Å². The first-order valence-electron chi connectivity index (χ1n) is 18.9. The van der Waals surface area contributed by atoms with E-state index in [-0.39, 0.29) is 0 Å². The van der Waals surface area contributed by atoms with Crippen LogP contribution in [-0.4, -0.2) is 9.97 Å². The zero-order valence-electron chi connectivity index (χ0n) is 31.1. The number of nitrogens with zero attached hydrogens (tertiary/aromatic N) is 2. The first-order chi connectivity index (χ1) is 27.6. The van der Waals surface area contributed by atoms with E-state index < -0.39 is 0 Å². The van der Waals surface area contributed by atoms with Crippen molar-refractivity contribution in [3.8, 4) is 67.3 Å². The van der Waals surface area contributed by atoms with Gasteiger partial charge in [-0.05, 0) is 93.9 Å². The molecule has 7 aromatic carbocycles. The predicted octanol–water partition coefficient (Wildman–Crippen LogP) is 14.5. The van der Waals surface area contributed by atoms with Crippen LogP contribution in [0.25, 0.3) is 94.8 Å². The van der Waals surface area contributed by atoms with E-state index in [2.05, 4.69) is 146 Å². The normalized spacial score (nSPS) is 11.8. The van der Waals surface area contributed by atoms with Gasteiger partial charge >= 0.3 is 0 Å². The minimum absolute atomic E-state index is 0.658. The molecule has 0 saturated heterocycles. The van der Waals surface area contributed by atoms with Gasteiger partial charge in [-0.3, -0.25) is 0 Å². The molecule has 0 saturated carbocycles. The van der Waals surface area contributed by atoms with Gasteiger partial charge in [-0.1, -0.05) is 164 Å². The second-order valence-corrected chi connectivity index (χ2v) is 13.8. The molecule has 3 nitrogen and oxygen atoms in total. The summed E-state index contributed by atoms with van der Waals surface area (Å²) in [6.45, 7) is 6.14. The molecule has 0 radical (unpaired) electrons. The van der Waals surface area contributed by atoms with E-state index in [1.807, 2.05) is 67.6 Å². The quantitative estimate of drug-likeness (QED) is 0.140. The Morgan fingerprint density at radius 1 is 0.500 bits per heavy atom. The summed E-state index contributed by atoms with van der Waals surface area (Å²) in [5.41, 5.74) is 15.4. The summed E-state index contributed by atoms with van der Waals surface area (Å²) in [7, 11) is 0. The molecule has 0 fully saturated rings. The van der Waals surface area contributed by atoms with Crippen molar-refractivity contribution in [2.75, 3.05) is 0 Å². The highest BCUT2D eigenvalue weighted by Crippen LogP contribution is 2.39. The largest absolute Gasteiger partial charge is 0.456 e. The molecular formula is C53H38N2O. The van der Waals surface area contributed by atoms with Gasteiger partial charge in [0, 0.05) is 27.5 Å². The second-order valence-electron chi connectivity index (χ2n) is 13.8. The van der Waals surface area contributed by atoms with Crippen molar-refractivity contribution < 1.29 is 4.42 Å². The molecule has 0 aliphatic heterocycles. The second kappa shape index (κ2) is 15.2. The fourth-order valence-corrected chi connectivity index (χ4v) is 7.37. The summed E-state index contributed by atoms with van der Waals surface area (Å²) < 4.78 is 6.45. The number of hydrogen-bond acceptors (Lipinski definition) is 3. The Kier molecular flexibility index (Phi) is 9.32. The Bertz CT molecular complexity index is 2840. The summed E-state index contributed by atoms with van der Waals surface area (Å²) in [6.07, 6.45) is 8.13. The Morgan fingerprint density at radius 3 is 1.64 bits per heavy atom. The van der Waals surface area contributed by atoms with Gasteiger partial charge in [0.15, 0.2) is 5.82 Å². The fourth-order valence-electron chi connectivity index (χ4n) is 7.37. The van der Waals surface area contributed by atoms with Crippen LogP contribution in [0.1, 0.15) is 12.5 Å². The summed E-state index contributed by atoms with van der Waals surface area (Å²) in [5.74, 6) is 0.658. The van der Waals surface area contributed by atoms with E-state index in [1.54, 1.807) is 0 Å². The van der Waals surface area contributed by atoms with E-state index in [9.17, 15) is 0 Å². The predicted molar refractivity (Wildman–Crippen MR) is 235 cm³/mol. The van der Waals surface area contributed by atoms with E-state index in [0.717, 1.165) is 89.0 Å². The maximum Gasteiger partial charge on any atom is 0.161 e. The number of allylic oxidation sites excluding steroid dienone is 5. The third kappa shape index (κ3) is 6.79. The smallest absolute Gasteiger partial charge is 0.161 e. The van der Waals surface area contributed by atoms with Crippen LogP contribution in [0.5, 0.6) is 0 Å². The Morgan fingerprint density at radius 2 is 1.05 bits per heavy atom. The van der Waals surface area contributed by atoms with Gasteiger partial charge in [0.05, 0.1) is 11.4 Å². The van der Waals surface area contributed by atoms with Crippen molar-refractivity contribution in [1.29, 1.82) is 0 Å². The molecule has 266 valence electrons. The van der Waals surface area contributed by atoms with Crippen LogP contribution in [0, 0.1) is 0 Å². The lowest BCUT2D eigenvalue weighted by Crippen LogP contribution is -1.96. The maximum atomic E-state index is 6.45. The van der Waals surface area contributed by atoms with Crippen molar-refractivity contribution >= 4 is 27.5 Å². The third-order valence-electron chi connectivity index (χ3n) is 10.2. The molecule has 3 heteroatoms. The Hall–Kier alpha value is -7.36. The van der Waals surface area contributed by atoms with Crippen molar-refractivity contribution in [2.45, 2.75) is 6.92 Å². The van der Waals surface area contributed by atoms with Gasteiger partial charge in [0.25, 0.3) is 0 Å². The van der Waals surface area contributed by atoms with Crippen LogP contribution in [0.3, 0.4) is 0 Å². The molecule has 0 aliphatic rings. The van der Waals surface area contributed by atoms with Crippen LogP contribution < -0.4 is 0 Å². The average Bonchev–Trinajstić information content (AvgIpc) is 3.66. The molecule has 0 aliphatic carbocycles. The summed E-state index contributed by atoms with van der Waals surface area (Å²) >= 11 is 0. The molecule has 0 bridgehead atoms. The van der Waals surface area contributed by atoms with Gasteiger partial charge in [-0.25, -0.2) is 9.97 Å². The van der Waals surface area contributed by atoms with Gasteiger partial charge in [-0.15, -0.1) is 0 Å². The summed E-state index contributed by atoms with van der Waals surface area (Å²) in [4.78, 5) is 10.3. The number of hydrogen-bond donors (Lipinski definition) is 0. The zero-order chi connectivity index (χ0) is 37.8. The van der Waals surface area contributed by atoms with Crippen molar-refractivity contribution in [2.24, 2.45) is 0 Å². The number of rotatable bonds is 9. The lowest BCUT2D eigenvalue weighted by molar-refractivity contribution is 0.669. The topological polar surface area (TPSA) is 38.9 Å². The zero-order valence-corrected chi connectivity index (χ0v) is 31.1. The molecule has 0 N–H and O–H groups in total. The fraction of sp³-hybridized carbons (Fsp3) is 0.0189. The molecule has 56 heavy (non-hydrogen) atoms. The van der Waals surface area contributed by atoms with Gasteiger partial charge in [0.2, 0.25) is 0 Å². The first-order valence-corrected chi connectivity index (χ1v) is 18.9. The molecule has 9 aromatic rings. The summed E-state index contributed by atoms with van der Waals surface area (Å²) in [6, 6.07) is 61.4. The van der Waals surface area contributed by atoms with Gasteiger partial charge in [-0.2, -0.15) is 0 Å². The number of benzene rings is 7. The molecule has 0 spiro atoms. The number of furan rings is 1. The monoisotopic (exact) mass is 718 g/mol. The maximum absolute atomic E-state index is 6.45. The Balaban J connectivity index is 1.13. The third-order valence-corrected chi connectivity index (χ3v) is 10.2. The highest BCUT2D eigenvalue weighted by molar-refractivity contribution is 6.12. The highest BCUT2D eigenvalue weighted by atomic mass is 16.3. The lowest BCUT2D eigenvalue weighted by Gasteiger charge is -2.12. The summed E-state index contributed by atoms with van der Waals surface area (Å²) in [5, 5.41) is 2.02. The van der Waals surface area contributed by atoms with E-state index >= 15 is 0 Å². The Labute approximate surface area is 327 Å². The van der Waals surface area contributed by atoms with Crippen LogP contribution >= 0.6 is 0 Å². The van der Waals surface area contributed by atoms with Gasteiger partial charge < -0.3 is 4.42 Å². The lowest BCUT2D eigenvalue weighted by atomic mass is 9.92. The molecule has 0 atom stereocenters. The van der Waals surface area contributed by atoms with E-state index in [4.69, 9.17) is 14.4 Å². The molecule has 0 unspecified atom stereocenters. The van der Waals surface area contributed by atoms with Crippen LogP contribution in [0.15, 0.2) is 211 Å². The molecule has 0 amide bonds. The van der Waals surface area contributed by atoms with Crippen LogP contribution in [0.2, 0.25) is 0 Å². The minimum atomic E-state index is 0.658. The van der Waals surface area contributed by atoms with Crippen LogP contribution in [-0.2, 0) is 0 Å². The highest BCUT2D eigenvalue weighted by Gasteiger charge is 2.18. The average molecular weight is 719 g/mol. The molecular weight excluding hydrogens is 681 g/mol. The van der Waals surface area contributed by atoms with E-state index in [1.165, 1.54) is 5.56 Å². The van der Waals surface area contributed by atoms with Crippen molar-refractivity contribution in [1.82, 2.24) is 9.97 Å². The first kappa shape index (κ1) is 34.4. The SMILES string of the molecule is C=C/C(=C\C=C/C)c1cc(-c2ccccc2)cc(-c2ccc(-c3ccc4oc5cccc(-c6nc(-c7ccccc7)cc(-c7ccccc7)n6)c5c4c3)cc2)c1. The minimum Gasteiger partial charge on any atom is -0.456 e.